The monoisotopic (exact) mass is 1060 g/mol. The van der Waals surface area contributed by atoms with Gasteiger partial charge in [0.2, 0.25) is 0 Å². The Labute approximate surface area is 474 Å². The molecule has 0 fully saturated rings. The Morgan fingerprint density at radius 2 is 0.506 bits per heavy atom. The second-order valence-corrected chi connectivity index (χ2v) is 20.2. The van der Waals surface area contributed by atoms with E-state index in [-0.39, 0.29) is 31.1 Å². The number of hydrogen-bond acceptors (Lipinski definition) is 6. The van der Waals surface area contributed by atoms with Crippen LogP contribution in [0.1, 0.15) is 265 Å². The van der Waals surface area contributed by atoms with Crippen LogP contribution in [0.2, 0.25) is 0 Å². The average molecular weight is 1060 g/mol. The van der Waals surface area contributed by atoms with Crippen molar-refractivity contribution in [3.63, 3.8) is 0 Å². The second-order valence-electron chi connectivity index (χ2n) is 20.2. The smallest absolute Gasteiger partial charge is 0.306 e. The summed E-state index contributed by atoms with van der Waals surface area (Å²) in [6, 6.07) is 0. The third-order valence-electron chi connectivity index (χ3n) is 12.8. The van der Waals surface area contributed by atoms with Gasteiger partial charge in [0.1, 0.15) is 13.2 Å². The minimum Gasteiger partial charge on any atom is -0.462 e. The Morgan fingerprint density at radius 1 is 0.273 bits per heavy atom. The highest BCUT2D eigenvalue weighted by atomic mass is 16.6. The minimum atomic E-state index is -0.806. The summed E-state index contributed by atoms with van der Waals surface area (Å²) in [5.41, 5.74) is 0. The van der Waals surface area contributed by atoms with Crippen LogP contribution in [0.15, 0.2) is 146 Å². The molecule has 0 amide bonds. The molecule has 0 aromatic carbocycles. The SMILES string of the molecule is CC/C=C\C/C=C\C/C=C\C/C=C\C/C=C\C/C=C\C/C=C\C/C=C\CCCCC(=O)OCC(COC(=O)CCCCCCCCCCCCC)OC(=O)CCCCCCCCCC/C=C\C/C=C\C/C=C\C/C=C\CC. The standard InChI is InChI=1S/C71H114O6/c1-4-7-10-13-16-19-22-24-26-28-30-32-33-34-35-36-37-39-40-42-44-46-49-52-55-58-61-64-70(73)76-67-68(66-75-69(72)63-60-57-54-51-48-21-18-15-12-9-6-3)77-71(74)65-62-59-56-53-50-47-45-43-41-38-31-29-27-25-23-20-17-14-11-8-5-2/h7-8,10-11,16-17,19-20,24-27,30-32,34-35,37-39,42,44,49,52,68H,4-6,9,12-15,18,21-23,28-29,33,36,40-41,43,45-48,50-51,53-67H2,1-3H3/b10-7-,11-8-,19-16-,20-17-,26-24-,27-25-,32-30-,35-34-,38-31-,39-37-,44-42-,52-49-. The van der Waals surface area contributed by atoms with E-state index in [1.165, 1.54) is 83.5 Å². The zero-order valence-electron chi connectivity index (χ0n) is 49.7. The van der Waals surface area contributed by atoms with Crippen LogP contribution in [0.5, 0.6) is 0 Å². The van der Waals surface area contributed by atoms with Gasteiger partial charge in [0.05, 0.1) is 0 Å². The van der Waals surface area contributed by atoms with E-state index in [9.17, 15) is 14.4 Å². The highest BCUT2D eigenvalue weighted by Crippen LogP contribution is 2.15. The maximum absolute atomic E-state index is 12.9. The Morgan fingerprint density at radius 3 is 0.818 bits per heavy atom. The van der Waals surface area contributed by atoms with Crippen LogP contribution < -0.4 is 0 Å². The molecule has 0 aliphatic heterocycles. The van der Waals surface area contributed by atoms with Gasteiger partial charge in [0.25, 0.3) is 0 Å². The predicted octanol–water partition coefficient (Wildman–Crippen LogP) is 21.5. The van der Waals surface area contributed by atoms with E-state index in [4.69, 9.17) is 14.2 Å². The summed E-state index contributed by atoms with van der Waals surface area (Å²) in [4.78, 5) is 38.2. The molecule has 1 atom stereocenters. The van der Waals surface area contributed by atoms with E-state index in [0.29, 0.717) is 25.7 Å². The van der Waals surface area contributed by atoms with Crippen LogP contribution in [-0.2, 0) is 28.6 Å². The summed E-state index contributed by atoms with van der Waals surface area (Å²) >= 11 is 0. The molecule has 77 heavy (non-hydrogen) atoms. The van der Waals surface area contributed by atoms with Gasteiger partial charge in [-0.1, -0.05) is 269 Å². The summed E-state index contributed by atoms with van der Waals surface area (Å²) in [6.07, 6.45) is 91.3. The van der Waals surface area contributed by atoms with E-state index in [0.717, 1.165) is 135 Å². The van der Waals surface area contributed by atoms with E-state index >= 15 is 0 Å². The molecule has 0 N–H and O–H groups in total. The van der Waals surface area contributed by atoms with E-state index < -0.39 is 6.10 Å². The zero-order chi connectivity index (χ0) is 55.7. The van der Waals surface area contributed by atoms with Crippen LogP contribution >= 0.6 is 0 Å². The second kappa shape index (κ2) is 63.8. The number of ether oxygens (including phenoxy) is 3. The Hall–Kier alpha value is -4.71. The van der Waals surface area contributed by atoms with Crippen LogP contribution in [0.3, 0.4) is 0 Å². The molecule has 0 saturated heterocycles. The lowest BCUT2D eigenvalue weighted by molar-refractivity contribution is -0.167. The van der Waals surface area contributed by atoms with Crippen molar-refractivity contribution in [3.05, 3.63) is 146 Å². The van der Waals surface area contributed by atoms with Gasteiger partial charge in [-0.3, -0.25) is 14.4 Å². The van der Waals surface area contributed by atoms with Gasteiger partial charge in [-0.05, 0) is 122 Å². The summed E-state index contributed by atoms with van der Waals surface area (Å²) < 4.78 is 16.9. The molecule has 0 rings (SSSR count). The van der Waals surface area contributed by atoms with Crippen molar-refractivity contribution in [3.8, 4) is 0 Å². The zero-order valence-corrected chi connectivity index (χ0v) is 49.7. The molecular weight excluding hydrogens is 949 g/mol. The van der Waals surface area contributed by atoms with Crippen molar-refractivity contribution in [2.45, 2.75) is 271 Å². The van der Waals surface area contributed by atoms with Crippen LogP contribution in [0.25, 0.3) is 0 Å². The lowest BCUT2D eigenvalue weighted by Gasteiger charge is -2.18. The van der Waals surface area contributed by atoms with Gasteiger partial charge in [-0.25, -0.2) is 0 Å². The van der Waals surface area contributed by atoms with Crippen LogP contribution in [0.4, 0.5) is 0 Å². The van der Waals surface area contributed by atoms with Crippen molar-refractivity contribution < 1.29 is 28.6 Å². The Bertz CT molecular complexity index is 1700. The minimum absolute atomic E-state index is 0.0984. The molecule has 0 heterocycles. The third kappa shape index (κ3) is 62.0. The fourth-order valence-corrected chi connectivity index (χ4v) is 8.21. The van der Waals surface area contributed by atoms with Crippen molar-refractivity contribution in [1.82, 2.24) is 0 Å². The first-order valence-electron chi connectivity index (χ1n) is 31.3. The topological polar surface area (TPSA) is 78.9 Å². The first kappa shape index (κ1) is 72.3. The summed E-state index contributed by atoms with van der Waals surface area (Å²) in [6.45, 7) is 6.36. The lowest BCUT2D eigenvalue weighted by Crippen LogP contribution is -2.30. The lowest BCUT2D eigenvalue weighted by atomic mass is 10.1. The Balaban J connectivity index is 4.42. The van der Waals surface area contributed by atoms with Gasteiger partial charge in [-0.2, -0.15) is 0 Å². The van der Waals surface area contributed by atoms with Gasteiger partial charge in [0.15, 0.2) is 6.10 Å². The molecule has 0 spiro atoms. The fourth-order valence-electron chi connectivity index (χ4n) is 8.21. The third-order valence-corrected chi connectivity index (χ3v) is 12.8. The van der Waals surface area contributed by atoms with Gasteiger partial charge in [-0.15, -0.1) is 0 Å². The van der Waals surface area contributed by atoms with Crippen molar-refractivity contribution >= 4 is 17.9 Å². The largest absolute Gasteiger partial charge is 0.462 e. The molecule has 1 unspecified atom stereocenters. The maximum Gasteiger partial charge on any atom is 0.306 e. The number of carbonyl (C=O) groups excluding carboxylic acids is 3. The quantitative estimate of drug-likeness (QED) is 0.0261. The maximum atomic E-state index is 12.9. The number of rotatable bonds is 55. The highest BCUT2D eigenvalue weighted by Gasteiger charge is 2.19. The molecule has 6 heteroatoms. The van der Waals surface area contributed by atoms with Gasteiger partial charge >= 0.3 is 17.9 Å². The molecule has 0 radical (unpaired) electrons. The van der Waals surface area contributed by atoms with Crippen molar-refractivity contribution in [2.24, 2.45) is 0 Å². The average Bonchev–Trinajstić information content (AvgIpc) is 3.43. The summed E-state index contributed by atoms with van der Waals surface area (Å²) in [5.74, 6) is -0.954. The normalized spacial score (nSPS) is 13.1. The molecule has 0 aromatic heterocycles. The molecule has 6 nitrogen and oxygen atoms in total. The predicted molar refractivity (Wildman–Crippen MR) is 334 cm³/mol. The van der Waals surface area contributed by atoms with Crippen LogP contribution in [0, 0.1) is 0 Å². The first-order valence-corrected chi connectivity index (χ1v) is 31.3. The van der Waals surface area contributed by atoms with Crippen LogP contribution in [-0.4, -0.2) is 37.2 Å². The number of carbonyl (C=O) groups is 3. The summed E-state index contributed by atoms with van der Waals surface area (Å²) in [5, 5.41) is 0. The number of esters is 3. The summed E-state index contributed by atoms with van der Waals surface area (Å²) in [7, 11) is 0. The molecule has 0 aromatic rings. The first-order chi connectivity index (χ1) is 38.0. The Kier molecular flexibility index (Phi) is 59.9. The highest BCUT2D eigenvalue weighted by molar-refractivity contribution is 5.71. The van der Waals surface area contributed by atoms with Crippen molar-refractivity contribution in [2.75, 3.05) is 13.2 Å². The number of unbranched alkanes of at least 4 members (excludes halogenated alkanes) is 20. The fraction of sp³-hybridized carbons (Fsp3) is 0.620. The molecule has 0 aliphatic carbocycles. The molecular formula is C71H114O6. The number of allylic oxidation sites excluding steroid dienone is 24. The number of hydrogen-bond donors (Lipinski definition) is 0. The van der Waals surface area contributed by atoms with E-state index in [1.54, 1.807) is 0 Å². The van der Waals surface area contributed by atoms with E-state index in [2.05, 4.69) is 167 Å². The van der Waals surface area contributed by atoms with E-state index in [1.807, 2.05) is 0 Å². The van der Waals surface area contributed by atoms with Gasteiger partial charge < -0.3 is 14.2 Å². The molecule has 434 valence electrons. The molecule has 0 aliphatic rings. The van der Waals surface area contributed by atoms with Gasteiger partial charge in [0, 0.05) is 19.3 Å². The van der Waals surface area contributed by atoms with Crippen molar-refractivity contribution in [1.29, 1.82) is 0 Å². The molecule has 0 saturated carbocycles. The molecule has 0 bridgehead atoms.